The van der Waals surface area contributed by atoms with Gasteiger partial charge in [0.2, 0.25) is 0 Å². The molecule has 7 heteroatoms. The standard InChI is InChI=1S/C36H44F6O/c1-2-3-4-5-23-6-8-26(9-7-23)28-16-19-31(32(37)20-28)27-12-10-24(11-13-27)25-14-17-29(18-15-25)36(41,42)43-30-21-33(38)35(40)34(39)22-30/h2,16,19-27,29H,1,3-15,17-18H2. The van der Waals surface area contributed by atoms with Crippen LogP contribution in [-0.2, 0) is 0 Å². The van der Waals surface area contributed by atoms with Crippen molar-refractivity contribution in [1.82, 2.24) is 0 Å². The molecule has 3 saturated carbocycles. The third-order valence-corrected chi connectivity index (χ3v) is 10.7. The minimum atomic E-state index is -3.60. The summed E-state index contributed by atoms with van der Waals surface area (Å²) in [4.78, 5) is 0. The summed E-state index contributed by atoms with van der Waals surface area (Å²) in [5, 5.41) is 0. The van der Waals surface area contributed by atoms with Crippen LogP contribution in [0.1, 0.15) is 119 Å². The van der Waals surface area contributed by atoms with Gasteiger partial charge in [0.05, 0.1) is 5.92 Å². The van der Waals surface area contributed by atoms with Gasteiger partial charge < -0.3 is 4.74 Å². The number of rotatable bonds is 10. The van der Waals surface area contributed by atoms with Gasteiger partial charge in [-0.3, -0.25) is 0 Å². The predicted molar refractivity (Wildman–Crippen MR) is 157 cm³/mol. The zero-order valence-corrected chi connectivity index (χ0v) is 24.9. The summed E-state index contributed by atoms with van der Waals surface area (Å²) in [6.45, 7) is 3.81. The predicted octanol–water partition coefficient (Wildman–Crippen LogP) is 11.6. The maximum Gasteiger partial charge on any atom is 0.400 e. The lowest BCUT2D eigenvalue weighted by molar-refractivity contribution is -0.224. The molecule has 0 heterocycles. The van der Waals surface area contributed by atoms with Crippen molar-refractivity contribution >= 4 is 0 Å². The molecule has 0 bridgehead atoms. The van der Waals surface area contributed by atoms with E-state index in [1.165, 1.54) is 25.7 Å². The second-order valence-electron chi connectivity index (χ2n) is 13.3. The van der Waals surface area contributed by atoms with Gasteiger partial charge in [-0.15, -0.1) is 6.58 Å². The first-order valence-electron chi connectivity index (χ1n) is 16.3. The van der Waals surface area contributed by atoms with Crippen molar-refractivity contribution in [1.29, 1.82) is 0 Å². The van der Waals surface area contributed by atoms with E-state index >= 15 is 4.39 Å². The molecule has 1 nitrogen and oxygen atoms in total. The number of hydrogen-bond donors (Lipinski definition) is 0. The van der Waals surface area contributed by atoms with E-state index in [-0.39, 0.29) is 24.6 Å². The molecule has 2 aromatic carbocycles. The first kappa shape index (κ1) is 32.0. The molecule has 0 amide bonds. The van der Waals surface area contributed by atoms with E-state index in [4.69, 9.17) is 0 Å². The normalized spacial score (nSPS) is 28.4. The van der Waals surface area contributed by atoms with E-state index in [1.807, 2.05) is 12.1 Å². The van der Waals surface area contributed by atoms with E-state index in [1.54, 1.807) is 6.07 Å². The van der Waals surface area contributed by atoms with Crippen LogP contribution in [0.4, 0.5) is 26.3 Å². The molecule has 0 unspecified atom stereocenters. The van der Waals surface area contributed by atoms with E-state index in [9.17, 15) is 22.0 Å². The Morgan fingerprint density at radius 2 is 1.30 bits per heavy atom. The first-order valence-corrected chi connectivity index (χ1v) is 16.3. The maximum absolute atomic E-state index is 15.3. The lowest BCUT2D eigenvalue weighted by Crippen LogP contribution is -2.38. The smallest absolute Gasteiger partial charge is 0.400 e. The molecule has 3 aliphatic carbocycles. The van der Waals surface area contributed by atoms with Gasteiger partial charge in [-0.1, -0.05) is 24.6 Å². The van der Waals surface area contributed by atoms with Crippen LogP contribution in [-0.4, -0.2) is 6.11 Å². The van der Waals surface area contributed by atoms with Gasteiger partial charge in [0.1, 0.15) is 11.6 Å². The molecule has 5 rings (SSSR count). The molecule has 0 spiro atoms. The zero-order chi connectivity index (χ0) is 30.6. The highest BCUT2D eigenvalue weighted by Crippen LogP contribution is 2.47. The van der Waals surface area contributed by atoms with Crippen molar-refractivity contribution in [3.63, 3.8) is 0 Å². The number of halogens is 6. The van der Waals surface area contributed by atoms with Crippen molar-refractivity contribution in [2.24, 2.45) is 23.7 Å². The third kappa shape index (κ3) is 7.81. The molecule has 3 aliphatic rings. The summed E-state index contributed by atoms with van der Waals surface area (Å²) in [6, 6.07) is 6.83. The molecule has 43 heavy (non-hydrogen) atoms. The lowest BCUT2D eigenvalue weighted by atomic mass is 9.68. The van der Waals surface area contributed by atoms with Crippen molar-refractivity contribution in [2.75, 3.05) is 0 Å². The molecule has 0 saturated heterocycles. The number of alkyl halides is 2. The Morgan fingerprint density at radius 3 is 1.88 bits per heavy atom. The highest BCUT2D eigenvalue weighted by molar-refractivity contribution is 5.30. The van der Waals surface area contributed by atoms with Gasteiger partial charge in [0.15, 0.2) is 17.5 Å². The highest BCUT2D eigenvalue weighted by Gasteiger charge is 2.45. The summed E-state index contributed by atoms with van der Waals surface area (Å²) >= 11 is 0. The summed E-state index contributed by atoms with van der Waals surface area (Å²) in [7, 11) is 0. The molecule has 0 aromatic heterocycles. The van der Waals surface area contributed by atoms with Crippen LogP contribution in [0.5, 0.6) is 5.75 Å². The van der Waals surface area contributed by atoms with Crippen LogP contribution < -0.4 is 4.74 Å². The van der Waals surface area contributed by atoms with Gasteiger partial charge in [-0.05, 0) is 137 Å². The Balaban J connectivity index is 1.08. The van der Waals surface area contributed by atoms with Crippen molar-refractivity contribution in [2.45, 2.75) is 114 Å². The van der Waals surface area contributed by atoms with Gasteiger partial charge in [0.25, 0.3) is 0 Å². The first-order chi connectivity index (χ1) is 20.6. The lowest BCUT2D eigenvalue weighted by Gasteiger charge is -2.39. The Hall–Kier alpha value is -2.44. The Morgan fingerprint density at radius 1 is 0.721 bits per heavy atom. The molecule has 0 atom stereocenters. The molecule has 3 fully saturated rings. The van der Waals surface area contributed by atoms with Crippen LogP contribution in [0.2, 0.25) is 0 Å². The Bertz CT molecular complexity index is 1200. The van der Waals surface area contributed by atoms with Gasteiger partial charge >= 0.3 is 6.11 Å². The van der Waals surface area contributed by atoms with Crippen LogP contribution in [0, 0.1) is 46.9 Å². The molecule has 236 valence electrons. The Labute approximate surface area is 252 Å². The number of ether oxygens (including phenoxy) is 1. The SMILES string of the molecule is C=CCCCC1CCC(c2ccc(C3CCC(C4CCC(C(F)(F)Oc5cc(F)c(F)c(F)c5)CC4)CC3)c(F)c2)CC1. The highest BCUT2D eigenvalue weighted by atomic mass is 19.3. The number of hydrogen-bond acceptors (Lipinski definition) is 1. The quantitative estimate of drug-likeness (QED) is 0.113. The molecule has 0 radical (unpaired) electrons. The summed E-state index contributed by atoms with van der Waals surface area (Å²) in [5.41, 5.74) is 1.95. The minimum Gasteiger partial charge on any atom is -0.432 e. The van der Waals surface area contributed by atoms with E-state index in [0.717, 1.165) is 62.0 Å². The third-order valence-electron chi connectivity index (χ3n) is 10.7. The average molecular weight is 607 g/mol. The van der Waals surface area contributed by atoms with E-state index in [2.05, 4.69) is 17.4 Å². The zero-order valence-electron chi connectivity index (χ0n) is 24.9. The fourth-order valence-electron chi connectivity index (χ4n) is 8.12. The largest absolute Gasteiger partial charge is 0.432 e. The molecule has 0 aliphatic heterocycles. The average Bonchev–Trinajstić information content (AvgIpc) is 3.00. The van der Waals surface area contributed by atoms with Crippen LogP contribution in [0.3, 0.4) is 0 Å². The van der Waals surface area contributed by atoms with Crippen molar-refractivity contribution < 1.29 is 31.1 Å². The second-order valence-corrected chi connectivity index (χ2v) is 13.3. The second kappa shape index (κ2) is 14.1. The minimum absolute atomic E-state index is 0.0855. The van der Waals surface area contributed by atoms with Gasteiger partial charge in [-0.2, -0.15) is 8.78 Å². The summed E-state index contributed by atoms with van der Waals surface area (Å²) < 4.78 is 89.8. The maximum atomic E-state index is 15.3. The van der Waals surface area contributed by atoms with Gasteiger partial charge in [0, 0.05) is 12.1 Å². The van der Waals surface area contributed by atoms with Crippen molar-refractivity contribution in [3.05, 3.63) is 77.4 Å². The van der Waals surface area contributed by atoms with E-state index < -0.39 is 35.2 Å². The monoisotopic (exact) mass is 606 g/mol. The van der Waals surface area contributed by atoms with Crippen LogP contribution in [0.25, 0.3) is 0 Å². The molecule has 0 N–H and O–H groups in total. The Kier molecular flexibility index (Phi) is 10.5. The fraction of sp³-hybridized carbons (Fsp3) is 0.611. The molecular formula is C36H44F6O. The van der Waals surface area contributed by atoms with E-state index in [0.29, 0.717) is 42.7 Å². The molecular weight excluding hydrogens is 562 g/mol. The van der Waals surface area contributed by atoms with Gasteiger partial charge in [-0.25, -0.2) is 17.6 Å². The molecule has 2 aromatic rings. The number of allylic oxidation sites excluding steroid dienone is 1. The number of benzene rings is 2. The van der Waals surface area contributed by atoms with Crippen LogP contribution in [0.15, 0.2) is 43.0 Å². The topological polar surface area (TPSA) is 9.23 Å². The fourth-order valence-corrected chi connectivity index (χ4v) is 8.12. The summed E-state index contributed by atoms with van der Waals surface area (Å²) in [6.07, 6.45) is 12.1. The number of unbranched alkanes of at least 4 members (excludes halogenated alkanes) is 1. The van der Waals surface area contributed by atoms with Crippen molar-refractivity contribution in [3.8, 4) is 5.75 Å². The van der Waals surface area contributed by atoms with Crippen LogP contribution >= 0.6 is 0 Å². The summed E-state index contributed by atoms with van der Waals surface area (Å²) in [5.74, 6) is -4.54.